The molecule has 0 fully saturated rings. The molecule has 118 valence electrons. The summed E-state index contributed by atoms with van der Waals surface area (Å²) < 4.78 is 12.8. The summed E-state index contributed by atoms with van der Waals surface area (Å²) in [6.07, 6.45) is 0.756. The Hall–Kier alpha value is -2.12. The monoisotopic (exact) mass is 321 g/mol. The molecule has 0 atom stereocenters. The van der Waals surface area contributed by atoms with Gasteiger partial charge in [-0.3, -0.25) is 9.78 Å². The van der Waals surface area contributed by atoms with Crippen molar-refractivity contribution in [2.24, 2.45) is 5.73 Å². The molecule has 22 heavy (non-hydrogen) atoms. The molecule has 0 saturated heterocycles. The number of nitrogens with zero attached hydrogens (tertiary/aromatic N) is 1. The highest BCUT2D eigenvalue weighted by atomic mass is 32.1. The number of methoxy groups -OCH3 is 2. The quantitative estimate of drug-likeness (QED) is 0.795. The summed E-state index contributed by atoms with van der Waals surface area (Å²) in [5.41, 5.74) is 6.80. The third kappa shape index (κ3) is 3.37. The molecule has 7 heteroatoms. The van der Waals surface area contributed by atoms with E-state index in [0.29, 0.717) is 35.1 Å². The Labute approximate surface area is 133 Å². The molecule has 0 saturated carbocycles. The number of benzene rings is 1. The molecule has 0 bridgehead atoms. The zero-order valence-electron chi connectivity index (χ0n) is 12.6. The first-order valence-electron chi connectivity index (χ1n) is 6.87. The van der Waals surface area contributed by atoms with Crippen LogP contribution in [0.15, 0.2) is 29.1 Å². The second-order valence-electron chi connectivity index (χ2n) is 4.68. The molecule has 2 aromatic rings. The van der Waals surface area contributed by atoms with Gasteiger partial charge in [0.15, 0.2) is 4.77 Å². The van der Waals surface area contributed by atoms with Crippen molar-refractivity contribution >= 4 is 12.2 Å². The summed E-state index contributed by atoms with van der Waals surface area (Å²) in [7, 11) is 3.16. The van der Waals surface area contributed by atoms with Crippen LogP contribution < -0.4 is 20.8 Å². The van der Waals surface area contributed by atoms with E-state index >= 15 is 0 Å². The van der Waals surface area contributed by atoms with E-state index in [-0.39, 0.29) is 5.56 Å². The van der Waals surface area contributed by atoms with E-state index in [4.69, 9.17) is 27.4 Å². The average molecular weight is 321 g/mol. The number of nitrogens with two attached hydrogens (primary N) is 1. The smallest absolute Gasteiger partial charge is 0.252 e. The lowest BCUT2D eigenvalue weighted by atomic mass is 10.1. The van der Waals surface area contributed by atoms with E-state index in [1.807, 2.05) is 16.7 Å². The van der Waals surface area contributed by atoms with E-state index in [1.54, 1.807) is 20.3 Å². The Bertz CT molecular complexity index is 767. The molecule has 6 nitrogen and oxygen atoms in total. The summed E-state index contributed by atoms with van der Waals surface area (Å²) in [6, 6.07) is 6.94. The van der Waals surface area contributed by atoms with Crippen LogP contribution in [0.3, 0.4) is 0 Å². The molecule has 0 spiro atoms. The van der Waals surface area contributed by atoms with E-state index < -0.39 is 0 Å². The molecule has 0 amide bonds. The van der Waals surface area contributed by atoms with Crippen LogP contribution in [0, 0.1) is 4.77 Å². The van der Waals surface area contributed by atoms with Gasteiger partial charge in [0.05, 0.1) is 19.9 Å². The van der Waals surface area contributed by atoms with Crippen LogP contribution >= 0.6 is 12.2 Å². The minimum absolute atomic E-state index is 0.248. The summed E-state index contributed by atoms with van der Waals surface area (Å²) in [4.78, 5) is 14.4. The molecule has 2 rings (SSSR count). The van der Waals surface area contributed by atoms with Crippen molar-refractivity contribution in [3.8, 4) is 22.8 Å². The maximum atomic E-state index is 11.8. The molecule has 3 N–H and O–H groups in total. The van der Waals surface area contributed by atoms with E-state index in [2.05, 4.69) is 4.98 Å². The Morgan fingerprint density at radius 1 is 1.27 bits per heavy atom. The Balaban J connectivity index is 2.65. The van der Waals surface area contributed by atoms with Crippen molar-refractivity contribution in [3.05, 3.63) is 39.4 Å². The Morgan fingerprint density at radius 3 is 2.68 bits per heavy atom. The fourth-order valence-corrected chi connectivity index (χ4v) is 2.52. The second-order valence-corrected chi connectivity index (χ2v) is 5.07. The topological polar surface area (TPSA) is 82.3 Å². The number of hydrogen-bond acceptors (Lipinski definition) is 5. The summed E-state index contributed by atoms with van der Waals surface area (Å²) in [5.74, 6) is 1.29. The van der Waals surface area contributed by atoms with Crippen molar-refractivity contribution < 1.29 is 9.47 Å². The first kappa shape index (κ1) is 16.3. The van der Waals surface area contributed by atoms with Gasteiger partial charge in [0.2, 0.25) is 0 Å². The highest BCUT2D eigenvalue weighted by molar-refractivity contribution is 7.71. The van der Waals surface area contributed by atoms with Gasteiger partial charge in [0.1, 0.15) is 11.5 Å². The first-order valence-corrected chi connectivity index (χ1v) is 7.28. The number of ether oxygens (including phenoxy) is 2. The van der Waals surface area contributed by atoms with Gasteiger partial charge < -0.3 is 19.8 Å². The fourth-order valence-electron chi connectivity index (χ4n) is 2.23. The van der Waals surface area contributed by atoms with E-state index in [0.717, 1.165) is 12.0 Å². The van der Waals surface area contributed by atoms with Crippen LogP contribution in [0.4, 0.5) is 0 Å². The van der Waals surface area contributed by atoms with Gasteiger partial charge in [-0.15, -0.1) is 0 Å². The molecule has 1 aromatic carbocycles. The minimum Gasteiger partial charge on any atom is -0.497 e. The molecule has 1 aromatic heterocycles. The van der Waals surface area contributed by atoms with Gasteiger partial charge in [0, 0.05) is 24.2 Å². The molecule has 0 aliphatic heterocycles. The molecular weight excluding hydrogens is 302 g/mol. The zero-order chi connectivity index (χ0) is 16.1. The molecular formula is C15H19N3O3S. The molecule has 0 unspecified atom stereocenters. The number of H-pyrrole nitrogens is 1. The van der Waals surface area contributed by atoms with Crippen LogP contribution in [0.2, 0.25) is 0 Å². The third-order valence-electron chi connectivity index (χ3n) is 3.30. The predicted molar refractivity (Wildman–Crippen MR) is 88.1 cm³/mol. The third-order valence-corrected chi connectivity index (χ3v) is 3.63. The van der Waals surface area contributed by atoms with Gasteiger partial charge in [0.25, 0.3) is 5.56 Å². The SMILES string of the molecule is COc1ccc(-c2cc(=O)[nH]c(=S)n2CCCN)c(OC)c1. The van der Waals surface area contributed by atoms with Crippen LogP contribution in [0.1, 0.15) is 6.42 Å². The fraction of sp³-hybridized carbons (Fsp3) is 0.333. The highest BCUT2D eigenvalue weighted by Gasteiger charge is 2.12. The lowest BCUT2D eigenvalue weighted by Gasteiger charge is -2.16. The first-order chi connectivity index (χ1) is 10.6. The number of aromatic amines is 1. The number of nitrogens with one attached hydrogen (secondary N) is 1. The van der Waals surface area contributed by atoms with Gasteiger partial charge >= 0.3 is 0 Å². The van der Waals surface area contributed by atoms with Crippen molar-refractivity contribution in [2.45, 2.75) is 13.0 Å². The average Bonchev–Trinajstić information content (AvgIpc) is 2.52. The standard InChI is InChI=1S/C15H19N3O3S/c1-20-10-4-5-11(13(8-10)21-2)12-9-14(19)17-15(22)18(12)7-3-6-16/h4-5,8-9H,3,6-7,16H2,1-2H3,(H,17,19,22). The maximum absolute atomic E-state index is 11.8. The number of rotatable bonds is 6. The van der Waals surface area contributed by atoms with Crippen molar-refractivity contribution in [3.63, 3.8) is 0 Å². The summed E-state index contributed by atoms with van der Waals surface area (Å²) in [5, 5.41) is 0. The van der Waals surface area contributed by atoms with Gasteiger partial charge in [-0.05, 0) is 37.3 Å². The van der Waals surface area contributed by atoms with Crippen LogP contribution in [-0.4, -0.2) is 30.3 Å². The zero-order valence-corrected chi connectivity index (χ0v) is 13.4. The lowest BCUT2D eigenvalue weighted by Crippen LogP contribution is -2.16. The lowest BCUT2D eigenvalue weighted by molar-refractivity contribution is 0.395. The van der Waals surface area contributed by atoms with Gasteiger partial charge in [-0.2, -0.15) is 0 Å². The normalized spacial score (nSPS) is 10.5. The number of hydrogen-bond donors (Lipinski definition) is 2. The minimum atomic E-state index is -0.248. The van der Waals surface area contributed by atoms with E-state index in [9.17, 15) is 4.79 Å². The predicted octanol–water partition coefficient (Wildman–Crippen LogP) is 1.94. The van der Waals surface area contributed by atoms with Crippen LogP contribution in [0.5, 0.6) is 11.5 Å². The summed E-state index contributed by atoms with van der Waals surface area (Å²) >= 11 is 5.27. The molecule has 0 aliphatic rings. The van der Waals surface area contributed by atoms with Crippen molar-refractivity contribution in [1.29, 1.82) is 0 Å². The largest absolute Gasteiger partial charge is 0.497 e. The maximum Gasteiger partial charge on any atom is 0.252 e. The second kappa shape index (κ2) is 7.24. The van der Waals surface area contributed by atoms with Crippen LogP contribution in [0.25, 0.3) is 11.3 Å². The van der Waals surface area contributed by atoms with Crippen molar-refractivity contribution in [2.75, 3.05) is 20.8 Å². The highest BCUT2D eigenvalue weighted by Crippen LogP contribution is 2.32. The van der Waals surface area contributed by atoms with Crippen LogP contribution in [-0.2, 0) is 6.54 Å². The summed E-state index contributed by atoms with van der Waals surface area (Å²) in [6.45, 7) is 1.16. The molecule has 0 aliphatic carbocycles. The van der Waals surface area contributed by atoms with Crippen molar-refractivity contribution in [1.82, 2.24) is 9.55 Å². The Morgan fingerprint density at radius 2 is 2.05 bits per heavy atom. The molecule has 1 heterocycles. The Kier molecular flexibility index (Phi) is 5.35. The molecule has 0 radical (unpaired) electrons. The number of aromatic nitrogens is 2. The van der Waals surface area contributed by atoms with Gasteiger partial charge in [-0.25, -0.2) is 0 Å². The van der Waals surface area contributed by atoms with E-state index in [1.165, 1.54) is 6.07 Å². The van der Waals surface area contributed by atoms with Gasteiger partial charge in [-0.1, -0.05) is 0 Å².